The maximum Gasteiger partial charge on any atom is 0.232 e. The van der Waals surface area contributed by atoms with Crippen molar-refractivity contribution in [2.75, 3.05) is 55.3 Å². The van der Waals surface area contributed by atoms with E-state index in [2.05, 4.69) is 57.8 Å². The first-order valence-electron chi connectivity index (χ1n) is 12.7. The molecule has 8 nitrogen and oxygen atoms in total. The van der Waals surface area contributed by atoms with E-state index >= 15 is 0 Å². The van der Waals surface area contributed by atoms with Crippen LogP contribution >= 0.6 is 0 Å². The van der Waals surface area contributed by atoms with Gasteiger partial charge in [0.2, 0.25) is 17.8 Å². The molecule has 3 aromatic rings. The maximum absolute atomic E-state index is 9.90. The highest BCUT2D eigenvalue weighted by atomic mass is 16.3. The van der Waals surface area contributed by atoms with Gasteiger partial charge in [-0.05, 0) is 68.0 Å². The van der Waals surface area contributed by atoms with Crippen molar-refractivity contribution in [2.45, 2.75) is 38.1 Å². The van der Waals surface area contributed by atoms with Crippen LogP contribution in [0, 0.1) is 0 Å². The van der Waals surface area contributed by atoms with E-state index in [1.54, 1.807) is 6.07 Å². The fourth-order valence-electron chi connectivity index (χ4n) is 4.84. The number of piperazine rings is 1. The topological polar surface area (TPSA) is 89.4 Å². The second-order valence-corrected chi connectivity index (χ2v) is 9.63. The van der Waals surface area contributed by atoms with E-state index in [0.29, 0.717) is 17.6 Å². The SMILES string of the molecule is CN1CCN(c2nc(NCCCc3ccccc3)nc(NC3CCc4ccc(O)cc4C3)n2)CC1. The molecule has 1 aliphatic heterocycles. The zero-order valence-electron chi connectivity index (χ0n) is 20.5. The first kappa shape index (κ1) is 23.4. The first-order valence-corrected chi connectivity index (χ1v) is 12.7. The van der Waals surface area contributed by atoms with Gasteiger partial charge in [0.1, 0.15) is 5.75 Å². The third kappa shape index (κ3) is 6.19. The van der Waals surface area contributed by atoms with Crippen LogP contribution in [0.2, 0.25) is 0 Å². The summed E-state index contributed by atoms with van der Waals surface area (Å²) in [5.41, 5.74) is 3.85. The number of likely N-dealkylation sites (N-methyl/N-ethyl adjacent to an activating group) is 1. The molecule has 1 aromatic heterocycles. The van der Waals surface area contributed by atoms with E-state index in [1.807, 2.05) is 12.1 Å². The van der Waals surface area contributed by atoms with Gasteiger partial charge in [0, 0.05) is 38.8 Å². The normalized spacial score (nSPS) is 18.2. The molecule has 3 N–H and O–H groups in total. The Morgan fingerprint density at radius 2 is 1.74 bits per heavy atom. The van der Waals surface area contributed by atoms with Crippen LogP contribution in [-0.4, -0.2) is 70.8 Å². The van der Waals surface area contributed by atoms with Gasteiger partial charge in [-0.25, -0.2) is 0 Å². The molecule has 2 aromatic carbocycles. The lowest BCUT2D eigenvalue weighted by Gasteiger charge is -2.32. The fraction of sp³-hybridized carbons (Fsp3) is 0.444. The number of rotatable bonds is 8. The Labute approximate surface area is 207 Å². The molecule has 1 fully saturated rings. The van der Waals surface area contributed by atoms with Crippen LogP contribution in [0.3, 0.4) is 0 Å². The number of benzene rings is 2. The summed E-state index contributed by atoms with van der Waals surface area (Å²) in [7, 11) is 2.15. The summed E-state index contributed by atoms with van der Waals surface area (Å²) >= 11 is 0. The van der Waals surface area contributed by atoms with Gasteiger partial charge in [-0.1, -0.05) is 36.4 Å². The minimum absolute atomic E-state index is 0.220. The second-order valence-electron chi connectivity index (χ2n) is 9.63. The van der Waals surface area contributed by atoms with Gasteiger partial charge in [-0.15, -0.1) is 0 Å². The minimum Gasteiger partial charge on any atom is -0.508 e. The fourth-order valence-corrected chi connectivity index (χ4v) is 4.84. The highest BCUT2D eigenvalue weighted by molar-refractivity contribution is 5.46. The van der Waals surface area contributed by atoms with Gasteiger partial charge in [0.25, 0.3) is 0 Å². The molecule has 0 saturated carbocycles. The first-order chi connectivity index (χ1) is 17.1. The van der Waals surface area contributed by atoms with Gasteiger partial charge in [0.15, 0.2) is 0 Å². The average molecular weight is 474 g/mol. The molecule has 1 unspecified atom stereocenters. The zero-order chi connectivity index (χ0) is 24.0. The quantitative estimate of drug-likeness (QED) is 0.429. The summed E-state index contributed by atoms with van der Waals surface area (Å²) in [6, 6.07) is 16.5. The van der Waals surface area contributed by atoms with Crippen LogP contribution in [0.1, 0.15) is 29.5 Å². The van der Waals surface area contributed by atoms with Crippen molar-refractivity contribution in [1.82, 2.24) is 19.9 Å². The number of phenolic OH excluding ortho intramolecular Hbond substituents is 1. The maximum atomic E-state index is 9.90. The third-order valence-corrected chi connectivity index (χ3v) is 6.93. The predicted octanol–water partition coefficient (Wildman–Crippen LogP) is 3.34. The van der Waals surface area contributed by atoms with E-state index in [0.717, 1.165) is 70.8 Å². The molecule has 2 aliphatic rings. The third-order valence-electron chi connectivity index (χ3n) is 6.93. The van der Waals surface area contributed by atoms with E-state index in [4.69, 9.17) is 15.0 Å². The van der Waals surface area contributed by atoms with Crippen molar-refractivity contribution in [3.05, 3.63) is 65.2 Å². The summed E-state index contributed by atoms with van der Waals surface area (Å²) in [5, 5.41) is 16.9. The molecule has 8 heteroatoms. The molecule has 184 valence electrons. The summed E-state index contributed by atoms with van der Waals surface area (Å²) < 4.78 is 0. The van der Waals surface area contributed by atoms with Crippen LogP contribution in [0.15, 0.2) is 48.5 Å². The summed E-state index contributed by atoms with van der Waals surface area (Å²) in [6.07, 6.45) is 4.86. The lowest BCUT2D eigenvalue weighted by molar-refractivity contribution is 0.311. The van der Waals surface area contributed by atoms with Crippen molar-refractivity contribution in [1.29, 1.82) is 0 Å². The smallest absolute Gasteiger partial charge is 0.232 e. The second kappa shape index (κ2) is 10.9. The number of hydrogen-bond donors (Lipinski definition) is 3. The molecule has 1 atom stereocenters. The molecule has 35 heavy (non-hydrogen) atoms. The number of aromatic hydroxyl groups is 1. The molecule has 0 spiro atoms. The van der Waals surface area contributed by atoms with Gasteiger partial charge < -0.3 is 25.5 Å². The molecule has 1 saturated heterocycles. The summed E-state index contributed by atoms with van der Waals surface area (Å²) in [5.74, 6) is 2.30. The largest absolute Gasteiger partial charge is 0.508 e. The Morgan fingerprint density at radius 1 is 0.943 bits per heavy atom. The highest BCUT2D eigenvalue weighted by Gasteiger charge is 2.22. The molecular weight excluding hydrogens is 438 g/mol. The van der Waals surface area contributed by atoms with Gasteiger partial charge in [-0.2, -0.15) is 15.0 Å². The van der Waals surface area contributed by atoms with Crippen LogP contribution in [0.25, 0.3) is 0 Å². The van der Waals surface area contributed by atoms with Crippen molar-refractivity contribution in [3.63, 3.8) is 0 Å². The Hall–Kier alpha value is -3.39. The number of nitrogens with one attached hydrogen (secondary N) is 2. The van der Waals surface area contributed by atoms with E-state index in [1.165, 1.54) is 16.7 Å². The molecule has 0 amide bonds. The predicted molar refractivity (Wildman–Crippen MR) is 140 cm³/mol. The minimum atomic E-state index is 0.220. The van der Waals surface area contributed by atoms with Gasteiger partial charge in [0.05, 0.1) is 0 Å². The molecular formula is C27H35N7O. The number of anilines is 3. The number of aryl methyl sites for hydroxylation is 2. The molecule has 2 heterocycles. The Balaban J connectivity index is 1.28. The highest BCUT2D eigenvalue weighted by Crippen LogP contribution is 2.27. The Bertz CT molecular complexity index is 1120. The lowest BCUT2D eigenvalue weighted by atomic mass is 9.88. The Morgan fingerprint density at radius 3 is 2.57 bits per heavy atom. The van der Waals surface area contributed by atoms with Crippen molar-refractivity contribution < 1.29 is 5.11 Å². The van der Waals surface area contributed by atoms with Gasteiger partial charge in [-0.3, -0.25) is 0 Å². The average Bonchev–Trinajstić information content (AvgIpc) is 2.87. The molecule has 1 aliphatic carbocycles. The lowest BCUT2D eigenvalue weighted by Crippen LogP contribution is -2.45. The van der Waals surface area contributed by atoms with Crippen LogP contribution in [0.4, 0.5) is 17.8 Å². The number of hydrogen-bond acceptors (Lipinski definition) is 8. The standard InChI is InChI=1S/C27H35N7O/c1-33-14-16-34(17-15-33)27-31-25(28-13-5-8-20-6-3-2-4-7-20)30-26(32-27)29-23-11-9-21-10-12-24(35)19-22(21)18-23/h2-4,6-7,10,12,19,23,35H,5,8-9,11,13-18H2,1H3,(H2,28,29,30,31,32). The van der Waals surface area contributed by atoms with Crippen LogP contribution in [-0.2, 0) is 19.3 Å². The summed E-state index contributed by atoms with van der Waals surface area (Å²) in [6.45, 7) is 4.61. The van der Waals surface area contributed by atoms with Crippen LogP contribution in [0.5, 0.6) is 5.75 Å². The number of aromatic nitrogens is 3. The molecule has 5 rings (SSSR count). The number of phenols is 1. The molecule has 0 bridgehead atoms. The van der Waals surface area contributed by atoms with E-state index < -0.39 is 0 Å². The van der Waals surface area contributed by atoms with Gasteiger partial charge >= 0.3 is 0 Å². The molecule has 0 radical (unpaired) electrons. The van der Waals surface area contributed by atoms with Crippen LogP contribution < -0.4 is 15.5 Å². The van der Waals surface area contributed by atoms with Crippen molar-refractivity contribution in [3.8, 4) is 5.75 Å². The number of fused-ring (bicyclic) bond motifs is 1. The monoisotopic (exact) mass is 473 g/mol. The van der Waals surface area contributed by atoms with E-state index in [9.17, 15) is 5.11 Å². The van der Waals surface area contributed by atoms with E-state index in [-0.39, 0.29) is 6.04 Å². The summed E-state index contributed by atoms with van der Waals surface area (Å²) in [4.78, 5) is 18.9. The Kier molecular flexibility index (Phi) is 7.28. The van der Waals surface area contributed by atoms with Crippen molar-refractivity contribution in [2.24, 2.45) is 0 Å². The van der Waals surface area contributed by atoms with Crippen molar-refractivity contribution >= 4 is 17.8 Å². The zero-order valence-corrected chi connectivity index (χ0v) is 20.5. The number of nitrogens with zero attached hydrogens (tertiary/aromatic N) is 5.